The minimum Gasteiger partial charge on any atom is -0.503 e. The first-order valence-electron chi connectivity index (χ1n) is 15.3. The second kappa shape index (κ2) is 10.7. The first-order chi connectivity index (χ1) is 21.6. The second-order valence-electron chi connectivity index (χ2n) is 12.6. The Balaban J connectivity index is 1.37. The van der Waals surface area contributed by atoms with Crippen LogP contribution in [-0.2, 0) is 25.6 Å². The van der Waals surface area contributed by atoms with E-state index >= 15 is 0 Å². The highest BCUT2D eigenvalue weighted by atomic mass is 79.9. The molecule has 4 amide bonds. The Morgan fingerprint density at radius 1 is 0.911 bits per heavy atom. The zero-order valence-corrected chi connectivity index (χ0v) is 26.8. The molecular formula is C36H33BrN2O6. The van der Waals surface area contributed by atoms with Crippen LogP contribution in [0.25, 0.3) is 0 Å². The van der Waals surface area contributed by atoms with Gasteiger partial charge < -0.3 is 9.84 Å². The van der Waals surface area contributed by atoms with Crippen molar-refractivity contribution < 1.29 is 29.0 Å². The number of amides is 4. The van der Waals surface area contributed by atoms with Crippen LogP contribution in [0.2, 0.25) is 0 Å². The van der Waals surface area contributed by atoms with Crippen molar-refractivity contribution in [2.45, 2.75) is 39.0 Å². The average Bonchev–Trinajstić information content (AvgIpc) is 3.42. The molecule has 0 bridgehead atoms. The first-order valence-corrected chi connectivity index (χ1v) is 16.1. The maximum atomic E-state index is 14.5. The Morgan fingerprint density at radius 3 is 2.27 bits per heavy atom. The van der Waals surface area contributed by atoms with E-state index < -0.39 is 35.0 Å². The minimum absolute atomic E-state index is 0.0750. The zero-order chi connectivity index (χ0) is 31.8. The van der Waals surface area contributed by atoms with Gasteiger partial charge in [0.15, 0.2) is 11.5 Å². The third kappa shape index (κ3) is 4.16. The van der Waals surface area contributed by atoms with Gasteiger partial charge in [0.2, 0.25) is 23.6 Å². The summed E-state index contributed by atoms with van der Waals surface area (Å²) >= 11 is 3.45. The number of halogens is 1. The number of fused-ring (bicyclic) bond motifs is 4. The molecule has 0 radical (unpaired) electrons. The molecule has 0 unspecified atom stereocenters. The molecule has 3 aromatic rings. The third-order valence-electron chi connectivity index (χ3n) is 10.5. The van der Waals surface area contributed by atoms with E-state index in [0.717, 1.165) is 17.6 Å². The number of anilines is 2. The van der Waals surface area contributed by atoms with E-state index in [1.54, 1.807) is 36.4 Å². The van der Waals surface area contributed by atoms with Gasteiger partial charge in [-0.3, -0.25) is 24.1 Å². The Labute approximate surface area is 269 Å². The summed E-state index contributed by atoms with van der Waals surface area (Å²) in [4.78, 5) is 59.5. The molecule has 2 heterocycles. The fourth-order valence-electron chi connectivity index (χ4n) is 8.27. The van der Waals surface area contributed by atoms with Crippen LogP contribution in [0.3, 0.4) is 0 Å². The molecule has 2 aliphatic heterocycles. The maximum absolute atomic E-state index is 14.5. The number of hydrogen-bond acceptors (Lipinski definition) is 6. The molecule has 0 aromatic heterocycles. The molecule has 2 saturated heterocycles. The number of aryl methyl sites for hydroxylation is 1. The molecule has 3 fully saturated rings. The molecule has 6 atom stereocenters. The lowest BCUT2D eigenvalue weighted by Crippen LogP contribution is -2.48. The predicted octanol–water partition coefficient (Wildman–Crippen LogP) is 6.16. The molecule has 45 heavy (non-hydrogen) atoms. The van der Waals surface area contributed by atoms with Crippen LogP contribution in [0.15, 0.2) is 82.9 Å². The fourth-order valence-corrected chi connectivity index (χ4v) is 8.73. The molecular weight excluding hydrogens is 636 g/mol. The van der Waals surface area contributed by atoms with E-state index in [9.17, 15) is 24.3 Å². The Morgan fingerprint density at radius 2 is 1.60 bits per heavy atom. The summed E-state index contributed by atoms with van der Waals surface area (Å²) in [6.45, 7) is 3.89. The first kappa shape index (κ1) is 29.5. The van der Waals surface area contributed by atoms with Crippen molar-refractivity contribution in [3.05, 3.63) is 94.0 Å². The topological polar surface area (TPSA) is 104 Å². The van der Waals surface area contributed by atoms with Crippen molar-refractivity contribution in [3.63, 3.8) is 0 Å². The number of ether oxygens (including phenoxy) is 1. The second-order valence-corrected chi connectivity index (χ2v) is 13.4. The van der Waals surface area contributed by atoms with Crippen molar-refractivity contribution in [1.82, 2.24) is 0 Å². The van der Waals surface area contributed by atoms with Gasteiger partial charge in [0.25, 0.3) is 0 Å². The van der Waals surface area contributed by atoms with Crippen LogP contribution in [0, 0.1) is 29.1 Å². The number of carbonyl (C=O) groups is 4. The lowest BCUT2D eigenvalue weighted by Gasteiger charge is -2.49. The molecule has 1 saturated carbocycles. The van der Waals surface area contributed by atoms with Crippen molar-refractivity contribution >= 4 is 50.9 Å². The van der Waals surface area contributed by atoms with Crippen LogP contribution >= 0.6 is 15.9 Å². The highest BCUT2D eigenvalue weighted by Crippen LogP contribution is 2.64. The summed E-state index contributed by atoms with van der Waals surface area (Å²) in [7, 11) is 1.45. The van der Waals surface area contributed by atoms with E-state index in [1.807, 2.05) is 50.3 Å². The van der Waals surface area contributed by atoms with Crippen LogP contribution in [0.1, 0.15) is 43.7 Å². The summed E-state index contributed by atoms with van der Waals surface area (Å²) in [5, 5.41) is 10.6. The van der Waals surface area contributed by atoms with Crippen LogP contribution in [0.5, 0.6) is 11.5 Å². The zero-order valence-electron chi connectivity index (χ0n) is 25.2. The summed E-state index contributed by atoms with van der Waals surface area (Å²) < 4.78 is 5.88. The number of aromatic hydroxyl groups is 1. The summed E-state index contributed by atoms with van der Waals surface area (Å²) in [5.41, 5.74) is 2.51. The SMILES string of the molecule is CCc1ccc(N2C(=O)[C@H]3[C@H](CC=C4[C@H]3C[C@H]3C(=O)N(c5ccccc5)C(=O)[C@@]3(C)[C@H]4c3cc(Br)c(O)c(OC)c3)C2=O)cc1. The Hall–Kier alpha value is -4.24. The highest BCUT2D eigenvalue weighted by molar-refractivity contribution is 9.10. The maximum Gasteiger partial charge on any atom is 0.241 e. The number of rotatable bonds is 5. The number of nitrogens with zero attached hydrogens (tertiary/aromatic N) is 2. The van der Waals surface area contributed by atoms with Crippen LogP contribution in [-0.4, -0.2) is 35.8 Å². The summed E-state index contributed by atoms with van der Waals surface area (Å²) in [5.74, 6) is -3.99. The fraction of sp³-hybridized carbons (Fsp3) is 0.333. The lowest BCUT2D eigenvalue weighted by atomic mass is 9.51. The monoisotopic (exact) mass is 668 g/mol. The molecule has 8 nitrogen and oxygen atoms in total. The summed E-state index contributed by atoms with van der Waals surface area (Å²) in [6, 6.07) is 19.9. The summed E-state index contributed by atoms with van der Waals surface area (Å²) in [6.07, 6.45) is 3.48. The van der Waals surface area contributed by atoms with E-state index in [4.69, 9.17) is 4.74 Å². The number of imide groups is 2. The lowest BCUT2D eigenvalue weighted by molar-refractivity contribution is -0.131. The number of hydrogen-bond donors (Lipinski definition) is 1. The molecule has 2 aliphatic carbocycles. The Kier molecular flexibility index (Phi) is 7.00. The van der Waals surface area contributed by atoms with Crippen molar-refractivity contribution in [3.8, 4) is 11.5 Å². The number of phenolic OH excluding ortho intramolecular Hbond substituents is 1. The molecule has 0 spiro atoms. The highest BCUT2D eigenvalue weighted by Gasteiger charge is 2.67. The number of benzene rings is 3. The smallest absolute Gasteiger partial charge is 0.241 e. The van der Waals surface area contributed by atoms with Gasteiger partial charge in [-0.2, -0.15) is 0 Å². The van der Waals surface area contributed by atoms with Crippen LogP contribution in [0.4, 0.5) is 11.4 Å². The van der Waals surface area contributed by atoms with Gasteiger partial charge in [0, 0.05) is 5.92 Å². The van der Waals surface area contributed by atoms with Gasteiger partial charge in [-0.1, -0.05) is 48.9 Å². The van der Waals surface area contributed by atoms with Crippen LogP contribution < -0.4 is 14.5 Å². The van der Waals surface area contributed by atoms with Gasteiger partial charge in [-0.25, -0.2) is 4.90 Å². The standard InChI is InChI=1S/C36H33BrN2O6/c1-4-19-10-12-22(13-11-19)38-32(41)24-15-14-23-25(29(24)34(38)43)18-26-33(42)39(21-8-6-5-7-9-21)35(44)36(26,2)30(23)20-16-27(37)31(40)28(17-20)45-3/h5-14,16-17,24-26,29-30,40H,4,15,18H2,1-3H3/t24-,25+,26-,29-,30-,36+/m0/s1. The van der Waals surface area contributed by atoms with Crippen molar-refractivity contribution in [2.24, 2.45) is 29.1 Å². The molecule has 9 heteroatoms. The molecule has 230 valence electrons. The number of methoxy groups -OCH3 is 1. The Bertz CT molecular complexity index is 1790. The quantitative estimate of drug-likeness (QED) is 0.258. The number of phenols is 1. The molecule has 4 aliphatic rings. The van der Waals surface area contributed by atoms with Gasteiger partial charge in [0.05, 0.1) is 46.1 Å². The molecule has 3 aromatic carbocycles. The minimum atomic E-state index is -1.19. The van der Waals surface area contributed by atoms with E-state index in [1.165, 1.54) is 16.9 Å². The van der Waals surface area contributed by atoms with Crippen molar-refractivity contribution in [2.75, 3.05) is 16.9 Å². The van der Waals surface area contributed by atoms with Gasteiger partial charge in [-0.05, 0) is 95.6 Å². The normalized spacial score (nSPS) is 29.0. The molecule has 1 N–H and O–H groups in total. The molecule has 7 rings (SSSR count). The van der Waals surface area contributed by atoms with Crippen molar-refractivity contribution in [1.29, 1.82) is 0 Å². The van der Waals surface area contributed by atoms with E-state index in [2.05, 4.69) is 15.9 Å². The number of para-hydroxylation sites is 1. The van der Waals surface area contributed by atoms with Gasteiger partial charge in [0.1, 0.15) is 0 Å². The van der Waals surface area contributed by atoms with Gasteiger partial charge >= 0.3 is 0 Å². The number of allylic oxidation sites excluding steroid dienone is 2. The van der Waals surface area contributed by atoms with Gasteiger partial charge in [-0.15, -0.1) is 0 Å². The van der Waals surface area contributed by atoms with E-state index in [0.29, 0.717) is 27.8 Å². The third-order valence-corrected chi connectivity index (χ3v) is 11.1. The largest absolute Gasteiger partial charge is 0.503 e. The predicted molar refractivity (Wildman–Crippen MR) is 172 cm³/mol. The number of carbonyl (C=O) groups excluding carboxylic acids is 4. The van der Waals surface area contributed by atoms with E-state index in [-0.39, 0.29) is 41.5 Å². The average molecular weight is 670 g/mol.